The van der Waals surface area contributed by atoms with Crippen LogP contribution in [0.5, 0.6) is 0 Å². The van der Waals surface area contributed by atoms with Crippen molar-refractivity contribution < 1.29 is 9.18 Å². The average Bonchev–Trinajstić information content (AvgIpc) is 3.02. The Labute approximate surface area is 174 Å². The Bertz CT molecular complexity index is 1060. The average molecular weight is 414 g/mol. The van der Waals surface area contributed by atoms with Crippen molar-refractivity contribution in [3.63, 3.8) is 0 Å². The number of H-pyrrole nitrogens is 1. The molecule has 1 amide bonds. The molecule has 0 aliphatic rings. The Kier molecular flexibility index (Phi) is 6.56. The summed E-state index contributed by atoms with van der Waals surface area (Å²) in [6.45, 7) is 2.39. The van der Waals surface area contributed by atoms with Crippen LogP contribution in [0.15, 0.2) is 48.5 Å². The standard InChI is InChI=1S/C21H24FN5OS/c1-14-6-4-8-16(10-14)20-24-25-21(29)27(20)13-19(28)23-12-18(26(2)3)15-7-5-9-17(22)11-15/h4-11,18H,12-13H2,1-3H3,(H,23,28)(H,25,29)/t18-/m0/s1. The number of carbonyl (C=O) groups excluding carboxylic acids is 1. The van der Waals surface area contributed by atoms with Crippen LogP contribution >= 0.6 is 12.2 Å². The van der Waals surface area contributed by atoms with Crippen molar-refractivity contribution >= 4 is 18.1 Å². The van der Waals surface area contributed by atoms with Crippen LogP contribution in [0.1, 0.15) is 17.2 Å². The number of hydrogen-bond donors (Lipinski definition) is 2. The maximum Gasteiger partial charge on any atom is 0.240 e. The Balaban J connectivity index is 1.73. The normalized spacial score (nSPS) is 12.2. The number of hydrogen-bond acceptors (Lipinski definition) is 4. The number of aromatic nitrogens is 3. The summed E-state index contributed by atoms with van der Waals surface area (Å²) >= 11 is 5.31. The third kappa shape index (κ3) is 5.16. The van der Waals surface area contributed by atoms with Gasteiger partial charge in [0.1, 0.15) is 12.4 Å². The van der Waals surface area contributed by atoms with Gasteiger partial charge in [-0.2, -0.15) is 5.10 Å². The second kappa shape index (κ2) is 9.11. The molecule has 3 rings (SSSR count). The van der Waals surface area contributed by atoms with Gasteiger partial charge in [-0.15, -0.1) is 0 Å². The molecule has 0 aliphatic carbocycles. The molecule has 0 fully saturated rings. The highest BCUT2D eigenvalue weighted by atomic mass is 32.1. The van der Waals surface area contributed by atoms with E-state index in [-0.39, 0.29) is 24.3 Å². The van der Waals surface area contributed by atoms with Crippen LogP contribution in [0, 0.1) is 17.5 Å². The van der Waals surface area contributed by atoms with Crippen LogP contribution in [0.25, 0.3) is 11.4 Å². The summed E-state index contributed by atoms with van der Waals surface area (Å²) in [7, 11) is 3.79. The summed E-state index contributed by atoms with van der Waals surface area (Å²) in [5, 5.41) is 9.96. The molecule has 0 saturated carbocycles. The summed E-state index contributed by atoms with van der Waals surface area (Å²) in [5.41, 5.74) is 2.78. The van der Waals surface area contributed by atoms with Gasteiger partial charge < -0.3 is 10.2 Å². The highest BCUT2D eigenvalue weighted by molar-refractivity contribution is 7.71. The van der Waals surface area contributed by atoms with E-state index in [1.165, 1.54) is 12.1 Å². The fourth-order valence-corrected chi connectivity index (χ4v) is 3.39. The molecule has 1 atom stereocenters. The predicted molar refractivity (Wildman–Crippen MR) is 113 cm³/mol. The summed E-state index contributed by atoms with van der Waals surface area (Å²) in [6.07, 6.45) is 0. The molecular weight excluding hydrogens is 389 g/mol. The maximum atomic E-state index is 13.6. The third-order valence-corrected chi connectivity index (χ3v) is 5.00. The molecule has 0 saturated heterocycles. The Morgan fingerprint density at radius 1 is 1.28 bits per heavy atom. The zero-order valence-electron chi connectivity index (χ0n) is 16.6. The lowest BCUT2D eigenvalue weighted by Gasteiger charge is -2.25. The lowest BCUT2D eigenvalue weighted by Crippen LogP contribution is -2.36. The number of benzene rings is 2. The van der Waals surface area contributed by atoms with E-state index in [0.717, 1.165) is 16.7 Å². The first-order valence-corrected chi connectivity index (χ1v) is 9.67. The van der Waals surface area contributed by atoms with E-state index >= 15 is 0 Å². The van der Waals surface area contributed by atoms with Gasteiger partial charge in [-0.25, -0.2) is 4.39 Å². The number of aryl methyl sites for hydroxylation is 1. The predicted octanol–water partition coefficient (Wildman–Crippen LogP) is 3.47. The first-order chi connectivity index (χ1) is 13.8. The number of aromatic amines is 1. The molecule has 152 valence electrons. The van der Waals surface area contributed by atoms with Crippen molar-refractivity contribution in [2.24, 2.45) is 0 Å². The van der Waals surface area contributed by atoms with E-state index in [2.05, 4.69) is 15.5 Å². The zero-order chi connectivity index (χ0) is 21.0. The molecule has 0 bridgehead atoms. The van der Waals surface area contributed by atoms with Crippen LogP contribution in [0.4, 0.5) is 4.39 Å². The van der Waals surface area contributed by atoms with E-state index in [4.69, 9.17) is 12.2 Å². The van der Waals surface area contributed by atoms with Crippen LogP contribution in [-0.2, 0) is 11.3 Å². The van der Waals surface area contributed by atoms with E-state index in [9.17, 15) is 9.18 Å². The maximum absolute atomic E-state index is 13.6. The molecular formula is C21H24FN5OS. The number of nitrogens with one attached hydrogen (secondary N) is 2. The first-order valence-electron chi connectivity index (χ1n) is 9.26. The van der Waals surface area contributed by atoms with Gasteiger partial charge >= 0.3 is 0 Å². The molecule has 0 radical (unpaired) electrons. The molecule has 1 heterocycles. The molecule has 0 aliphatic heterocycles. The molecule has 2 aromatic carbocycles. The number of nitrogens with zero attached hydrogens (tertiary/aromatic N) is 3. The lowest BCUT2D eigenvalue weighted by molar-refractivity contribution is -0.121. The van der Waals surface area contributed by atoms with E-state index in [1.807, 2.05) is 56.3 Å². The van der Waals surface area contributed by atoms with Crippen LogP contribution in [-0.4, -0.2) is 46.2 Å². The number of halogens is 1. The second-order valence-corrected chi connectivity index (χ2v) is 7.53. The van der Waals surface area contributed by atoms with Gasteiger partial charge in [-0.05, 0) is 57.0 Å². The van der Waals surface area contributed by atoms with Crippen molar-refractivity contribution in [2.75, 3.05) is 20.6 Å². The van der Waals surface area contributed by atoms with Gasteiger partial charge in [0, 0.05) is 12.1 Å². The molecule has 2 N–H and O–H groups in total. The highest BCUT2D eigenvalue weighted by Gasteiger charge is 2.17. The topological polar surface area (TPSA) is 66.0 Å². The monoisotopic (exact) mass is 413 g/mol. The van der Waals surface area contributed by atoms with Crippen LogP contribution < -0.4 is 5.32 Å². The molecule has 1 aromatic heterocycles. The Hall–Kier alpha value is -2.84. The van der Waals surface area contributed by atoms with Gasteiger partial charge in [0.05, 0.1) is 6.04 Å². The minimum Gasteiger partial charge on any atom is -0.353 e. The Morgan fingerprint density at radius 2 is 2.03 bits per heavy atom. The molecule has 8 heteroatoms. The smallest absolute Gasteiger partial charge is 0.240 e. The molecule has 29 heavy (non-hydrogen) atoms. The van der Waals surface area contributed by atoms with Crippen molar-refractivity contribution in [1.82, 2.24) is 25.0 Å². The molecule has 0 spiro atoms. The minimum atomic E-state index is -0.298. The van der Waals surface area contributed by atoms with Gasteiger partial charge in [0.25, 0.3) is 0 Å². The summed E-state index contributed by atoms with van der Waals surface area (Å²) < 4.78 is 15.6. The van der Waals surface area contributed by atoms with E-state index < -0.39 is 0 Å². The number of likely N-dealkylation sites (N-methyl/N-ethyl adjacent to an activating group) is 1. The quantitative estimate of drug-likeness (QED) is 0.582. The molecule has 3 aromatic rings. The lowest BCUT2D eigenvalue weighted by atomic mass is 10.1. The fraction of sp³-hybridized carbons (Fsp3) is 0.286. The zero-order valence-corrected chi connectivity index (χ0v) is 17.5. The van der Waals surface area contributed by atoms with Crippen LogP contribution in [0.2, 0.25) is 0 Å². The number of carbonyl (C=O) groups is 1. The molecule has 0 unspecified atom stereocenters. The molecule has 6 nitrogen and oxygen atoms in total. The largest absolute Gasteiger partial charge is 0.353 e. The van der Waals surface area contributed by atoms with Crippen molar-refractivity contribution in [1.29, 1.82) is 0 Å². The van der Waals surface area contributed by atoms with E-state index in [1.54, 1.807) is 10.6 Å². The van der Waals surface area contributed by atoms with Gasteiger partial charge in [0.2, 0.25) is 5.91 Å². The third-order valence-electron chi connectivity index (χ3n) is 4.69. The fourth-order valence-electron chi connectivity index (χ4n) is 3.19. The number of rotatable bonds is 7. The SMILES string of the molecule is Cc1cccc(-c2n[nH]c(=S)n2CC(=O)NC[C@@H](c2cccc(F)c2)N(C)C)c1. The van der Waals surface area contributed by atoms with Gasteiger partial charge in [-0.1, -0.05) is 35.9 Å². The minimum absolute atomic E-state index is 0.0436. The number of amides is 1. The van der Waals surface area contributed by atoms with Gasteiger partial charge in [-0.3, -0.25) is 14.5 Å². The van der Waals surface area contributed by atoms with Crippen molar-refractivity contribution in [3.8, 4) is 11.4 Å². The van der Waals surface area contributed by atoms with Crippen molar-refractivity contribution in [2.45, 2.75) is 19.5 Å². The van der Waals surface area contributed by atoms with Gasteiger partial charge in [0.15, 0.2) is 10.6 Å². The van der Waals surface area contributed by atoms with Crippen LogP contribution in [0.3, 0.4) is 0 Å². The Morgan fingerprint density at radius 3 is 2.72 bits per heavy atom. The first kappa shape index (κ1) is 20.9. The van der Waals surface area contributed by atoms with Crippen molar-refractivity contribution in [3.05, 3.63) is 70.2 Å². The summed E-state index contributed by atoms with van der Waals surface area (Å²) in [4.78, 5) is 14.6. The summed E-state index contributed by atoms with van der Waals surface area (Å²) in [5.74, 6) is 0.121. The van der Waals surface area contributed by atoms with E-state index in [0.29, 0.717) is 17.1 Å². The summed E-state index contributed by atoms with van der Waals surface area (Å²) in [6, 6.07) is 14.1. The highest BCUT2D eigenvalue weighted by Crippen LogP contribution is 2.20. The second-order valence-electron chi connectivity index (χ2n) is 7.15.